The van der Waals surface area contributed by atoms with E-state index < -0.39 is 0 Å². The molecule has 0 saturated carbocycles. The van der Waals surface area contributed by atoms with Gasteiger partial charge in [-0.1, -0.05) is 11.6 Å². The van der Waals surface area contributed by atoms with Crippen LogP contribution < -0.4 is 5.56 Å². The Morgan fingerprint density at radius 2 is 2.16 bits per heavy atom. The molecule has 4 rings (SSSR count). The summed E-state index contributed by atoms with van der Waals surface area (Å²) in [7, 11) is 1.87. The molecule has 0 bridgehead atoms. The van der Waals surface area contributed by atoms with Crippen LogP contribution in [0.5, 0.6) is 0 Å². The molecule has 0 atom stereocenters. The number of hydrogen-bond donors (Lipinski definition) is 0. The van der Waals surface area contributed by atoms with Gasteiger partial charge in [0.25, 0.3) is 5.56 Å². The van der Waals surface area contributed by atoms with Crippen molar-refractivity contribution in [2.24, 2.45) is 7.05 Å². The number of rotatable bonds is 1. The topological polar surface area (TPSA) is 63.6 Å². The first kappa shape index (κ1) is 15.7. The highest BCUT2D eigenvalue weighted by atomic mass is 35.5. The van der Waals surface area contributed by atoms with Crippen LogP contribution in [0.2, 0.25) is 5.02 Å². The Morgan fingerprint density at radius 3 is 2.88 bits per heavy atom. The zero-order chi connectivity index (χ0) is 17.7. The summed E-state index contributed by atoms with van der Waals surface area (Å²) in [5.74, 6) is 0.682. The molecule has 1 aliphatic heterocycles. The van der Waals surface area contributed by atoms with Gasteiger partial charge in [0.2, 0.25) is 0 Å². The van der Waals surface area contributed by atoms with Crippen molar-refractivity contribution in [2.45, 2.75) is 19.9 Å². The molecule has 25 heavy (non-hydrogen) atoms. The van der Waals surface area contributed by atoms with E-state index in [2.05, 4.69) is 11.1 Å². The van der Waals surface area contributed by atoms with Crippen molar-refractivity contribution in [1.29, 1.82) is 5.26 Å². The molecule has 3 heterocycles. The molecule has 0 aliphatic carbocycles. The van der Waals surface area contributed by atoms with Gasteiger partial charge in [0.1, 0.15) is 17.6 Å². The fourth-order valence-corrected chi connectivity index (χ4v) is 3.46. The molecule has 0 N–H and O–H groups in total. The van der Waals surface area contributed by atoms with E-state index in [0.717, 1.165) is 23.3 Å². The number of halogens is 1. The summed E-state index contributed by atoms with van der Waals surface area (Å²) in [5.41, 5.74) is 4.16. The molecule has 0 unspecified atom stereocenters. The molecule has 5 nitrogen and oxygen atoms in total. The van der Waals surface area contributed by atoms with E-state index in [0.29, 0.717) is 34.0 Å². The molecule has 0 saturated heterocycles. The van der Waals surface area contributed by atoms with Crippen LogP contribution in [0.25, 0.3) is 22.6 Å². The molecule has 2 aromatic heterocycles. The SMILES string of the molecule is Cc1c(/C=C2\CCn3c2nc2cc(Cl)ccc2c3=O)cc(C#N)n1C. The summed E-state index contributed by atoms with van der Waals surface area (Å²) in [4.78, 5) is 17.4. The summed E-state index contributed by atoms with van der Waals surface area (Å²) in [5, 5.41) is 10.3. The van der Waals surface area contributed by atoms with E-state index in [1.807, 2.05) is 30.7 Å². The van der Waals surface area contributed by atoms with Crippen LogP contribution in [0.15, 0.2) is 29.1 Å². The largest absolute Gasteiger partial charge is 0.339 e. The molecule has 0 amide bonds. The third-order valence-corrected chi connectivity index (χ3v) is 5.06. The average Bonchev–Trinajstić information content (AvgIpc) is 3.11. The molecule has 124 valence electrons. The molecule has 1 aliphatic rings. The normalized spacial score (nSPS) is 14.9. The number of aromatic nitrogens is 3. The number of allylic oxidation sites excluding steroid dienone is 1. The minimum absolute atomic E-state index is 0.0393. The van der Waals surface area contributed by atoms with Crippen molar-refractivity contribution in [2.75, 3.05) is 0 Å². The summed E-state index contributed by atoms with van der Waals surface area (Å²) in [6, 6.07) is 9.20. The van der Waals surface area contributed by atoms with Crippen LogP contribution in [0.3, 0.4) is 0 Å². The minimum Gasteiger partial charge on any atom is -0.339 e. The maximum Gasteiger partial charge on any atom is 0.261 e. The molecule has 0 radical (unpaired) electrons. The monoisotopic (exact) mass is 350 g/mol. The van der Waals surface area contributed by atoms with E-state index in [4.69, 9.17) is 11.6 Å². The lowest BCUT2D eigenvalue weighted by Crippen LogP contribution is -2.20. The third kappa shape index (κ3) is 2.38. The lowest BCUT2D eigenvalue weighted by atomic mass is 10.1. The van der Waals surface area contributed by atoms with Crippen LogP contribution in [-0.2, 0) is 13.6 Å². The van der Waals surface area contributed by atoms with Gasteiger partial charge >= 0.3 is 0 Å². The summed E-state index contributed by atoms with van der Waals surface area (Å²) in [6.07, 6.45) is 2.76. The third-order valence-electron chi connectivity index (χ3n) is 4.83. The summed E-state index contributed by atoms with van der Waals surface area (Å²) >= 11 is 6.05. The predicted octanol–water partition coefficient (Wildman–Crippen LogP) is 3.51. The maximum atomic E-state index is 12.7. The Morgan fingerprint density at radius 1 is 1.36 bits per heavy atom. The first-order valence-electron chi connectivity index (χ1n) is 7.97. The van der Waals surface area contributed by atoms with Crippen LogP contribution in [0.1, 0.15) is 29.2 Å². The van der Waals surface area contributed by atoms with E-state index in [-0.39, 0.29) is 5.56 Å². The Hall–Kier alpha value is -2.84. The first-order chi connectivity index (χ1) is 12.0. The second-order valence-corrected chi connectivity index (χ2v) is 6.65. The van der Waals surface area contributed by atoms with Crippen molar-refractivity contribution < 1.29 is 0 Å². The molecule has 6 heteroatoms. The Kier molecular flexibility index (Phi) is 3.52. The second kappa shape index (κ2) is 5.61. The van der Waals surface area contributed by atoms with E-state index in [9.17, 15) is 10.1 Å². The quantitative estimate of drug-likeness (QED) is 0.674. The van der Waals surface area contributed by atoms with E-state index >= 15 is 0 Å². The smallest absolute Gasteiger partial charge is 0.261 e. The van der Waals surface area contributed by atoms with Crippen LogP contribution >= 0.6 is 11.6 Å². The van der Waals surface area contributed by atoms with Crippen molar-refractivity contribution in [3.63, 3.8) is 0 Å². The number of fused-ring (bicyclic) bond motifs is 2. The second-order valence-electron chi connectivity index (χ2n) is 6.21. The lowest BCUT2D eigenvalue weighted by Gasteiger charge is -2.06. The molecular weight excluding hydrogens is 336 g/mol. The fraction of sp³-hybridized carbons (Fsp3) is 0.211. The number of hydrogen-bond acceptors (Lipinski definition) is 3. The zero-order valence-corrected chi connectivity index (χ0v) is 14.6. The van der Waals surface area contributed by atoms with Crippen molar-refractivity contribution in [3.8, 4) is 6.07 Å². The van der Waals surface area contributed by atoms with Crippen molar-refractivity contribution in [3.05, 3.63) is 62.4 Å². The molecular formula is C19H15ClN4O. The number of nitrogens with zero attached hydrogens (tertiary/aromatic N) is 4. The molecule has 0 spiro atoms. The molecule has 1 aromatic carbocycles. The lowest BCUT2D eigenvalue weighted by molar-refractivity contribution is 0.725. The number of benzene rings is 1. The van der Waals surface area contributed by atoms with Crippen molar-refractivity contribution >= 4 is 34.2 Å². The maximum absolute atomic E-state index is 12.7. The van der Waals surface area contributed by atoms with E-state index in [1.165, 1.54) is 0 Å². The number of nitriles is 1. The fourth-order valence-electron chi connectivity index (χ4n) is 3.29. The van der Waals surface area contributed by atoms with Crippen LogP contribution in [0, 0.1) is 18.3 Å². The highest BCUT2D eigenvalue weighted by Crippen LogP contribution is 2.29. The molecule has 0 fully saturated rings. The van der Waals surface area contributed by atoms with Gasteiger partial charge in [-0.2, -0.15) is 5.26 Å². The zero-order valence-electron chi connectivity index (χ0n) is 13.9. The summed E-state index contributed by atoms with van der Waals surface area (Å²) in [6.45, 7) is 2.59. The Balaban J connectivity index is 1.91. The van der Waals surface area contributed by atoms with Gasteiger partial charge in [-0.15, -0.1) is 0 Å². The van der Waals surface area contributed by atoms with Gasteiger partial charge in [0, 0.05) is 24.3 Å². The predicted molar refractivity (Wildman–Crippen MR) is 98.4 cm³/mol. The van der Waals surface area contributed by atoms with Crippen LogP contribution in [-0.4, -0.2) is 14.1 Å². The van der Waals surface area contributed by atoms with Crippen molar-refractivity contribution in [1.82, 2.24) is 14.1 Å². The summed E-state index contributed by atoms with van der Waals surface area (Å²) < 4.78 is 3.58. The van der Waals surface area contributed by atoms with Gasteiger partial charge in [-0.3, -0.25) is 9.36 Å². The average molecular weight is 351 g/mol. The van der Waals surface area contributed by atoms with Gasteiger partial charge in [0.15, 0.2) is 0 Å². The highest BCUT2D eigenvalue weighted by molar-refractivity contribution is 6.31. The van der Waals surface area contributed by atoms with Crippen LogP contribution in [0.4, 0.5) is 0 Å². The highest BCUT2D eigenvalue weighted by Gasteiger charge is 2.21. The van der Waals surface area contributed by atoms with Gasteiger partial charge < -0.3 is 4.57 Å². The Labute approximate surface area is 149 Å². The van der Waals surface area contributed by atoms with Gasteiger partial charge in [0.05, 0.1) is 10.9 Å². The first-order valence-corrected chi connectivity index (χ1v) is 8.35. The minimum atomic E-state index is -0.0393. The van der Waals surface area contributed by atoms with Gasteiger partial charge in [-0.05, 0) is 54.8 Å². The van der Waals surface area contributed by atoms with Gasteiger partial charge in [-0.25, -0.2) is 4.98 Å². The Bertz CT molecular complexity index is 1160. The molecule has 3 aromatic rings. The van der Waals surface area contributed by atoms with E-state index in [1.54, 1.807) is 22.8 Å². The standard InChI is InChI=1S/C19H15ClN4O/c1-11-13(8-15(10-21)23(11)2)7-12-5-6-24-18(12)22-17-9-14(20)3-4-16(17)19(24)25/h3-4,7-9H,5-6H2,1-2H3/b12-7+.